The molecule has 86 valence electrons. The number of aliphatic hydroxyl groups is 1. The van der Waals surface area contributed by atoms with E-state index in [1.54, 1.807) is 18.2 Å². The number of hydrogen-bond acceptors (Lipinski definition) is 4. The van der Waals surface area contributed by atoms with Gasteiger partial charge < -0.3 is 9.84 Å². The lowest BCUT2D eigenvalue weighted by Crippen LogP contribution is -2.00. The van der Waals surface area contributed by atoms with Crippen LogP contribution in [0.3, 0.4) is 0 Å². The zero-order valence-electron chi connectivity index (χ0n) is 8.92. The average molecular weight is 223 g/mol. The highest BCUT2D eigenvalue weighted by Gasteiger charge is 2.05. The second-order valence-electron chi connectivity index (χ2n) is 3.28. The predicted octanol–water partition coefficient (Wildman–Crippen LogP) is 1.91. The number of nitrogens with zero attached hydrogens (tertiary/aromatic N) is 1. The SMILES string of the molecule is C/C(=C\CO)COc1cccc([N+](=O)[O-])c1. The maximum Gasteiger partial charge on any atom is 0.273 e. The summed E-state index contributed by atoms with van der Waals surface area (Å²) in [5, 5.41) is 19.1. The first-order chi connectivity index (χ1) is 7.63. The Hall–Kier alpha value is -1.88. The summed E-state index contributed by atoms with van der Waals surface area (Å²) in [5.41, 5.74) is 0.871. The number of nitro groups is 1. The van der Waals surface area contributed by atoms with Crippen LogP contribution in [0.2, 0.25) is 0 Å². The summed E-state index contributed by atoms with van der Waals surface area (Å²) in [7, 11) is 0. The van der Waals surface area contributed by atoms with E-state index in [0.717, 1.165) is 5.57 Å². The smallest absolute Gasteiger partial charge is 0.273 e. The minimum absolute atomic E-state index is 0.00120. The van der Waals surface area contributed by atoms with Crippen LogP contribution in [0, 0.1) is 10.1 Å². The molecule has 16 heavy (non-hydrogen) atoms. The molecule has 1 rings (SSSR count). The van der Waals surface area contributed by atoms with Crippen molar-refractivity contribution in [3.8, 4) is 5.75 Å². The van der Waals surface area contributed by atoms with Gasteiger partial charge in [-0.05, 0) is 18.6 Å². The highest BCUT2D eigenvalue weighted by atomic mass is 16.6. The fourth-order valence-electron chi connectivity index (χ4n) is 1.10. The molecule has 0 aromatic heterocycles. The predicted molar refractivity (Wildman–Crippen MR) is 59.4 cm³/mol. The van der Waals surface area contributed by atoms with Gasteiger partial charge in [0.15, 0.2) is 0 Å². The third-order valence-electron chi connectivity index (χ3n) is 1.93. The molecule has 1 aromatic carbocycles. The molecule has 0 atom stereocenters. The Morgan fingerprint density at radius 2 is 2.38 bits per heavy atom. The van der Waals surface area contributed by atoms with Gasteiger partial charge in [0.05, 0.1) is 17.6 Å². The largest absolute Gasteiger partial charge is 0.489 e. The molecule has 0 spiro atoms. The number of hydrogen-bond donors (Lipinski definition) is 1. The van der Waals surface area contributed by atoms with Crippen molar-refractivity contribution in [2.45, 2.75) is 6.92 Å². The zero-order chi connectivity index (χ0) is 12.0. The Kier molecular flexibility index (Phi) is 4.47. The fraction of sp³-hybridized carbons (Fsp3) is 0.273. The van der Waals surface area contributed by atoms with Gasteiger partial charge in [-0.15, -0.1) is 0 Å². The van der Waals surface area contributed by atoms with Gasteiger partial charge in [-0.3, -0.25) is 10.1 Å². The zero-order valence-corrected chi connectivity index (χ0v) is 8.92. The first kappa shape index (κ1) is 12.2. The van der Waals surface area contributed by atoms with Crippen molar-refractivity contribution >= 4 is 5.69 Å². The molecule has 1 N–H and O–H groups in total. The van der Waals surface area contributed by atoms with Crippen LogP contribution >= 0.6 is 0 Å². The number of non-ortho nitro benzene ring substituents is 1. The Labute approximate surface area is 93.1 Å². The first-order valence-corrected chi connectivity index (χ1v) is 4.77. The normalized spacial score (nSPS) is 11.2. The number of benzene rings is 1. The van der Waals surface area contributed by atoms with Crippen LogP contribution in [0.1, 0.15) is 6.92 Å². The van der Waals surface area contributed by atoms with Crippen LogP contribution in [0.5, 0.6) is 5.75 Å². The molecular weight excluding hydrogens is 210 g/mol. The average Bonchev–Trinajstić information content (AvgIpc) is 2.27. The lowest BCUT2D eigenvalue weighted by Gasteiger charge is -2.05. The summed E-state index contributed by atoms with van der Waals surface area (Å²) in [6.07, 6.45) is 1.62. The molecule has 0 aliphatic carbocycles. The Morgan fingerprint density at radius 3 is 3.00 bits per heavy atom. The molecule has 0 saturated carbocycles. The maximum absolute atomic E-state index is 10.5. The fourth-order valence-corrected chi connectivity index (χ4v) is 1.10. The van der Waals surface area contributed by atoms with Gasteiger partial charge in [0.1, 0.15) is 12.4 Å². The van der Waals surface area contributed by atoms with E-state index in [1.165, 1.54) is 12.1 Å². The number of aliphatic hydroxyl groups excluding tert-OH is 1. The minimum atomic E-state index is -0.469. The summed E-state index contributed by atoms with van der Waals surface area (Å²) in [6.45, 7) is 2.08. The van der Waals surface area contributed by atoms with Crippen LogP contribution in [-0.4, -0.2) is 23.2 Å². The summed E-state index contributed by atoms with van der Waals surface area (Å²) in [4.78, 5) is 10.0. The van der Waals surface area contributed by atoms with Crippen LogP contribution in [-0.2, 0) is 0 Å². The van der Waals surface area contributed by atoms with E-state index in [0.29, 0.717) is 12.4 Å². The van der Waals surface area contributed by atoms with Gasteiger partial charge in [0, 0.05) is 6.07 Å². The molecule has 0 unspecified atom stereocenters. The van der Waals surface area contributed by atoms with E-state index < -0.39 is 4.92 Å². The van der Waals surface area contributed by atoms with Crippen LogP contribution in [0.15, 0.2) is 35.9 Å². The minimum Gasteiger partial charge on any atom is -0.489 e. The van der Waals surface area contributed by atoms with Crippen molar-refractivity contribution in [2.75, 3.05) is 13.2 Å². The highest BCUT2D eigenvalue weighted by Crippen LogP contribution is 2.19. The van der Waals surface area contributed by atoms with Crippen LogP contribution in [0.25, 0.3) is 0 Å². The molecule has 1 aromatic rings. The molecule has 0 radical (unpaired) electrons. The number of nitro benzene ring substituents is 1. The molecule has 0 aliphatic heterocycles. The van der Waals surface area contributed by atoms with Gasteiger partial charge in [-0.1, -0.05) is 12.1 Å². The van der Waals surface area contributed by atoms with E-state index in [-0.39, 0.29) is 12.3 Å². The standard InChI is InChI=1S/C11H13NO4/c1-9(5-6-13)8-16-11-4-2-3-10(7-11)12(14)15/h2-5,7,13H,6,8H2,1H3/b9-5+. The molecule has 0 aliphatic rings. The van der Waals surface area contributed by atoms with Gasteiger partial charge in [0.2, 0.25) is 0 Å². The molecule has 0 bridgehead atoms. The molecule has 0 saturated heterocycles. The molecule has 0 fully saturated rings. The van der Waals surface area contributed by atoms with Crippen molar-refractivity contribution in [1.29, 1.82) is 0 Å². The first-order valence-electron chi connectivity index (χ1n) is 4.77. The molecule has 0 amide bonds. The van der Waals surface area contributed by atoms with Crippen molar-refractivity contribution in [3.63, 3.8) is 0 Å². The molecular formula is C11H13NO4. The number of rotatable bonds is 5. The quantitative estimate of drug-likeness (QED) is 0.470. The van der Waals surface area contributed by atoms with E-state index in [2.05, 4.69) is 0 Å². The summed E-state index contributed by atoms with van der Waals surface area (Å²) >= 11 is 0. The van der Waals surface area contributed by atoms with Gasteiger partial charge in [-0.25, -0.2) is 0 Å². The second-order valence-corrected chi connectivity index (χ2v) is 3.28. The summed E-state index contributed by atoms with van der Waals surface area (Å²) in [6, 6.07) is 5.99. The molecule has 0 heterocycles. The van der Waals surface area contributed by atoms with E-state index in [1.807, 2.05) is 6.92 Å². The van der Waals surface area contributed by atoms with Crippen molar-refractivity contribution in [1.82, 2.24) is 0 Å². The van der Waals surface area contributed by atoms with E-state index in [4.69, 9.17) is 9.84 Å². The summed E-state index contributed by atoms with van der Waals surface area (Å²) in [5.74, 6) is 0.444. The lowest BCUT2D eigenvalue weighted by molar-refractivity contribution is -0.384. The molecule has 5 heteroatoms. The Balaban J connectivity index is 2.64. The maximum atomic E-state index is 10.5. The monoisotopic (exact) mass is 223 g/mol. The summed E-state index contributed by atoms with van der Waals surface area (Å²) < 4.78 is 5.33. The highest BCUT2D eigenvalue weighted by molar-refractivity contribution is 5.38. The topological polar surface area (TPSA) is 72.6 Å². The van der Waals surface area contributed by atoms with Crippen molar-refractivity contribution in [2.24, 2.45) is 0 Å². The van der Waals surface area contributed by atoms with E-state index in [9.17, 15) is 10.1 Å². The van der Waals surface area contributed by atoms with Crippen molar-refractivity contribution < 1.29 is 14.8 Å². The van der Waals surface area contributed by atoms with Gasteiger partial charge in [0.25, 0.3) is 5.69 Å². The van der Waals surface area contributed by atoms with Crippen molar-refractivity contribution in [3.05, 3.63) is 46.0 Å². The number of ether oxygens (including phenoxy) is 1. The second kappa shape index (κ2) is 5.87. The van der Waals surface area contributed by atoms with Gasteiger partial charge in [-0.2, -0.15) is 0 Å². The van der Waals surface area contributed by atoms with Crippen LogP contribution < -0.4 is 4.74 Å². The molecule has 5 nitrogen and oxygen atoms in total. The third kappa shape index (κ3) is 3.70. The third-order valence-corrected chi connectivity index (χ3v) is 1.93. The van der Waals surface area contributed by atoms with E-state index >= 15 is 0 Å². The Bertz CT molecular complexity index is 401. The lowest BCUT2D eigenvalue weighted by atomic mass is 10.3. The van der Waals surface area contributed by atoms with Gasteiger partial charge >= 0.3 is 0 Å². The Morgan fingerprint density at radius 1 is 1.62 bits per heavy atom. The van der Waals surface area contributed by atoms with Crippen LogP contribution in [0.4, 0.5) is 5.69 Å².